The molecule has 0 spiro atoms. The largest absolute Gasteiger partial charge is 0.504 e. The van der Waals surface area contributed by atoms with Crippen LogP contribution in [-0.4, -0.2) is 18.1 Å². The van der Waals surface area contributed by atoms with E-state index in [0.717, 1.165) is 10.0 Å². The van der Waals surface area contributed by atoms with E-state index in [1.165, 1.54) is 13.2 Å². The van der Waals surface area contributed by atoms with Crippen LogP contribution in [-0.2, 0) is 11.2 Å². The van der Waals surface area contributed by atoms with Crippen LogP contribution in [0, 0.1) is 0 Å². The molecule has 0 bridgehead atoms. The van der Waals surface area contributed by atoms with Gasteiger partial charge in [0.25, 0.3) is 0 Å². The average Bonchev–Trinajstić information content (AvgIpc) is 2.41. The van der Waals surface area contributed by atoms with Gasteiger partial charge in [-0.1, -0.05) is 28.1 Å². The molecule has 5 heteroatoms. The number of ether oxygens (including phenoxy) is 1. The van der Waals surface area contributed by atoms with Crippen LogP contribution in [0.5, 0.6) is 11.5 Å². The van der Waals surface area contributed by atoms with Crippen LogP contribution in [0.15, 0.2) is 46.9 Å². The second-order valence-electron chi connectivity index (χ2n) is 4.24. The minimum absolute atomic E-state index is 0.00561. The van der Waals surface area contributed by atoms with Crippen LogP contribution in [0.25, 0.3) is 0 Å². The Balaban J connectivity index is 2.01. The third-order valence-corrected chi connectivity index (χ3v) is 3.27. The Hall–Kier alpha value is -2.01. The molecule has 1 amide bonds. The fourth-order valence-corrected chi connectivity index (χ4v) is 2.02. The van der Waals surface area contributed by atoms with Gasteiger partial charge < -0.3 is 15.2 Å². The van der Waals surface area contributed by atoms with Crippen molar-refractivity contribution in [2.24, 2.45) is 0 Å². The van der Waals surface area contributed by atoms with E-state index in [0.29, 0.717) is 11.4 Å². The molecule has 0 saturated heterocycles. The molecule has 0 aromatic heterocycles. The monoisotopic (exact) mass is 335 g/mol. The molecular weight excluding hydrogens is 322 g/mol. The van der Waals surface area contributed by atoms with E-state index in [1.807, 2.05) is 24.3 Å². The van der Waals surface area contributed by atoms with Gasteiger partial charge in [-0.3, -0.25) is 4.79 Å². The highest BCUT2D eigenvalue weighted by molar-refractivity contribution is 9.10. The van der Waals surface area contributed by atoms with Crippen molar-refractivity contribution >= 4 is 27.5 Å². The highest BCUT2D eigenvalue weighted by Crippen LogP contribution is 2.28. The predicted octanol–water partition coefficient (Wildman–Crippen LogP) is 3.34. The van der Waals surface area contributed by atoms with Crippen LogP contribution in [0.1, 0.15) is 5.56 Å². The molecule has 2 aromatic carbocycles. The number of hydrogen-bond acceptors (Lipinski definition) is 3. The first kappa shape index (κ1) is 14.4. The van der Waals surface area contributed by atoms with Gasteiger partial charge in [-0.05, 0) is 29.8 Å². The first-order valence-corrected chi connectivity index (χ1v) is 6.79. The van der Waals surface area contributed by atoms with E-state index < -0.39 is 0 Å². The number of halogens is 1. The van der Waals surface area contributed by atoms with Crippen molar-refractivity contribution in [1.29, 1.82) is 0 Å². The Bertz CT molecular complexity index is 611. The van der Waals surface area contributed by atoms with Crippen molar-refractivity contribution in [3.05, 3.63) is 52.5 Å². The van der Waals surface area contributed by atoms with Gasteiger partial charge in [0.15, 0.2) is 11.5 Å². The Morgan fingerprint density at radius 3 is 2.55 bits per heavy atom. The van der Waals surface area contributed by atoms with Crippen LogP contribution >= 0.6 is 15.9 Å². The van der Waals surface area contributed by atoms with Crippen LogP contribution in [0.3, 0.4) is 0 Å². The Labute approximate surface area is 125 Å². The summed E-state index contributed by atoms with van der Waals surface area (Å²) in [6, 6.07) is 12.3. The normalized spacial score (nSPS) is 10.1. The number of anilines is 1. The maximum atomic E-state index is 11.9. The number of carbonyl (C=O) groups excluding carboxylic acids is 1. The number of phenolic OH excluding ortho intramolecular Hbond substituents is 1. The minimum atomic E-state index is -0.142. The van der Waals surface area contributed by atoms with Gasteiger partial charge in [0.05, 0.1) is 13.5 Å². The Morgan fingerprint density at radius 2 is 1.95 bits per heavy atom. The first-order valence-electron chi connectivity index (χ1n) is 6.00. The van der Waals surface area contributed by atoms with Gasteiger partial charge in [-0.15, -0.1) is 0 Å². The summed E-state index contributed by atoms with van der Waals surface area (Å²) in [4.78, 5) is 11.9. The molecular formula is C15H14BrNO3. The number of benzene rings is 2. The zero-order chi connectivity index (χ0) is 14.5. The average molecular weight is 336 g/mol. The lowest BCUT2D eigenvalue weighted by molar-refractivity contribution is -0.115. The molecule has 0 saturated carbocycles. The van der Waals surface area contributed by atoms with E-state index in [-0.39, 0.29) is 18.1 Å². The number of rotatable bonds is 4. The van der Waals surface area contributed by atoms with Gasteiger partial charge in [-0.2, -0.15) is 0 Å². The van der Waals surface area contributed by atoms with Crippen LogP contribution in [0.2, 0.25) is 0 Å². The number of nitrogens with one attached hydrogen (secondary N) is 1. The van der Waals surface area contributed by atoms with Gasteiger partial charge in [-0.25, -0.2) is 0 Å². The number of hydrogen-bond donors (Lipinski definition) is 2. The molecule has 0 radical (unpaired) electrons. The smallest absolute Gasteiger partial charge is 0.228 e. The summed E-state index contributed by atoms with van der Waals surface area (Å²) in [5.74, 6) is 0.224. The molecule has 0 aliphatic rings. The maximum absolute atomic E-state index is 11.9. The van der Waals surface area contributed by atoms with Crippen molar-refractivity contribution in [2.45, 2.75) is 6.42 Å². The molecule has 0 atom stereocenters. The molecule has 0 fully saturated rings. The van der Waals surface area contributed by atoms with Crippen molar-refractivity contribution < 1.29 is 14.6 Å². The summed E-state index contributed by atoms with van der Waals surface area (Å²) in [7, 11) is 1.47. The summed E-state index contributed by atoms with van der Waals surface area (Å²) >= 11 is 3.35. The second kappa shape index (κ2) is 6.43. The number of carbonyl (C=O) groups is 1. The van der Waals surface area contributed by atoms with E-state index in [9.17, 15) is 9.90 Å². The fraction of sp³-hybridized carbons (Fsp3) is 0.133. The number of aromatic hydroxyl groups is 1. The van der Waals surface area contributed by atoms with Gasteiger partial charge in [0.1, 0.15) is 0 Å². The van der Waals surface area contributed by atoms with E-state index in [1.54, 1.807) is 12.1 Å². The molecule has 2 N–H and O–H groups in total. The summed E-state index contributed by atoms with van der Waals surface area (Å²) in [6.07, 6.45) is 0.278. The number of methoxy groups -OCH3 is 1. The van der Waals surface area contributed by atoms with Crippen LogP contribution in [0.4, 0.5) is 5.69 Å². The highest BCUT2D eigenvalue weighted by Gasteiger charge is 2.07. The molecule has 20 heavy (non-hydrogen) atoms. The molecule has 2 aromatic rings. The van der Waals surface area contributed by atoms with Gasteiger partial charge >= 0.3 is 0 Å². The summed E-state index contributed by atoms with van der Waals surface area (Å²) in [5.41, 5.74) is 1.45. The second-order valence-corrected chi connectivity index (χ2v) is 5.15. The molecule has 0 aliphatic carbocycles. The number of phenols is 1. The molecule has 0 aliphatic heterocycles. The Kier molecular flexibility index (Phi) is 4.63. The van der Waals surface area contributed by atoms with Crippen molar-refractivity contribution in [3.63, 3.8) is 0 Å². The number of amides is 1. The predicted molar refractivity (Wildman–Crippen MR) is 81.1 cm³/mol. The highest BCUT2D eigenvalue weighted by atomic mass is 79.9. The molecule has 4 nitrogen and oxygen atoms in total. The Morgan fingerprint density at radius 1 is 1.25 bits per heavy atom. The topological polar surface area (TPSA) is 58.6 Å². The van der Waals surface area contributed by atoms with Gasteiger partial charge in [0.2, 0.25) is 5.91 Å². The molecule has 2 rings (SSSR count). The standard InChI is InChI=1S/C15H14BrNO3/c1-20-14-7-6-12(9-13(14)18)17-15(19)8-10-2-4-11(16)5-3-10/h2-7,9,18H,8H2,1H3,(H,17,19). The van der Waals surface area contributed by atoms with E-state index >= 15 is 0 Å². The summed E-state index contributed by atoms with van der Waals surface area (Å²) in [5, 5.41) is 12.4. The van der Waals surface area contributed by atoms with Gasteiger partial charge in [0, 0.05) is 16.2 Å². The third-order valence-electron chi connectivity index (χ3n) is 2.74. The lowest BCUT2D eigenvalue weighted by atomic mass is 10.1. The molecule has 0 heterocycles. The summed E-state index contributed by atoms with van der Waals surface area (Å²) < 4.78 is 5.92. The lowest BCUT2D eigenvalue weighted by Crippen LogP contribution is -2.14. The van der Waals surface area contributed by atoms with Crippen molar-refractivity contribution in [3.8, 4) is 11.5 Å². The van der Waals surface area contributed by atoms with Crippen molar-refractivity contribution in [2.75, 3.05) is 12.4 Å². The van der Waals surface area contributed by atoms with Crippen molar-refractivity contribution in [1.82, 2.24) is 0 Å². The van der Waals surface area contributed by atoms with E-state index in [4.69, 9.17) is 4.74 Å². The minimum Gasteiger partial charge on any atom is -0.504 e. The molecule has 0 unspecified atom stereocenters. The molecule has 104 valence electrons. The fourth-order valence-electron chi connectivity index (χ4n) is 1.76. The zero-order valence-electron chi connectivity index (χ0n) is 10.9. The van der Waals surface area contributed by atoms with E-state index in [2.05, 4.69) is 21.2 Å². The maximum Gasteiger partial charge on any atom is 0.228 e. The lowest BCUT2D eigenvalue weighted by Gasteiger charge is -2.08. The zero-order valence-corrected chi connectivity index (χ0v) is 12.5. The first-order chi connectivity index (χ1) is 9.58. The summed E-state index contributed by atoms with van der Waals surface area (Å²) in [6.45, 7) is 0. The quantitative estimate of drug-likeness (QED) is 0.900. The SMILES string of the molecule is COc1ccc(NC(=O)Cc2ccc(Br)cc2)cc1O. The van der Waals surface area contributed by atoms with Crippen LogP contribution < -0.4 is 10.1 Å². The third kappa shape index (κ3) is 3.74.